The number of fused-ring (bicyclic) bond motifs is 2. The first-order valence-corrected chi connectivity index (χ1v) is 17.7. The molecule has 4 rings (SSSR count). The molecule has 0 aromatic heterocycles. The highest BCUT2D eigenvalue weighted by Crippen LogP contribution is 2.19. The second-order valence-corrected chi connectivity index (χ2v) is 13.4. The maximum absolute atomic E-state index is 14.0. The lowest BCUT2D eigenvalue weighted by molar-refractivity contribution is -0.142. The Morgan fingerprint density at radius 2 is 1.24 bits per heavy atom. The van der Waals surface area contributed by atoms with Crippen molar-refractivity contribution in [2.45, 2.75) is 63.7 Å². The largest absolute Gasteiger partial charge is 0.480 e. The lowest BCUT2D eigenvalue weighted by Gasteiger charge is -2.27. The first kappa shape index (κ1) is 35.4. The van der Waals surface area contributed by atoms with Gasteiger partial charge in [0.15, 0.2) is 1.41 Å². The van der Waals surface area contributed by atoms with Crippen molar-refractivity contribution < 1.29 is 30.5 Å². The Bertz CT molecular complexity index is 1820. The smallest absolute Gasteiger partial charge is 0.326 e. The topological polar surface area (TPSA) is 154 Å². The number of carboxylic acid groups (broad SMARTS) is 1. The molecule has 4 aromatic carbocycles. The van der Waals surface area contributed by atoms with Gasteiger partial charge >= 0.3 is 5.97 Å². The average molecular weight is 686 g/mol. The minimum Gasteiger partial charge on any atom is -0.480 e. The van der Waals surface area contributed by atoms with E-state index in [2.05, 4.69) is 16.0 Å². The molecule has 0 aliphatic heterocycles. The molecule has 4 aromatic rings. The fourth-order valence-corrected chi connectivity index (χ4v) is 6.14. The van der Waals surface area contributed by atoms with Crippen molar-refractivity contribution in [1.82, 2.24) is 21.3 Å². The highest BCUT2D eigenvalue weighted by Gasteiger charge is 2.31. The molecule has 0 fully saturated rings. The Kier molecular flexibility index (Phi) is 13.0. The second-order valence-electron chi connectivity index (χ2n) is 12.5. The number of amides is 4. The van der Waals surface area contributed by atoms with Gasteiger partial charge in [0.2, 0.25) is 24.1 Å². The van der Waals surface area contributed by atoms with Crippen molar-refractivity contribution in [1.29, 1.82) is 0 Å². The van der Waals surface area contributed by atoms with Gasteiger partial charge in [-0.3, -0.25) is 19.2 Å². The van der Waals surface area contributed by atoms with Gasteiger partial charge in [0.25, 0.3) is 0 Å². The SMILES string of the molecule is [2H]N(C(=O)[C@H](CC(C)C)NC(=O)[C@H](CCSC)NC=O)[C@@H](Cc1ccc2ccccc2c1)C(=O)N[C@@H](Cc1ccc2ccccc2c1)C(=O)O. The summed E-state index contributed by atoms with van der Waals surface area (Å²) in [6, 6.07) is 21.6. The van der Waals surface area contributed by atoms with E-state index in [-0.39, 0.29) is 25.2 Å². The van der Waals surface area contributed by atoms with Crippen LogP contribution < -0.4 is 21.3 Å². The number of benzene rings is 4. The van der Waals surface area contributed by atoms with Crippen LogP contribution in [0.5, 0.6) is 0 Å². The van der Waals surface area contributed by atoms with Gasteiger partial charge in [-0.05, 0) is 63.4 Å². The maximum atomic E-state index is 14.0. The van der Waals surface area contributed by atoms with Crippen LogP contribution in [0.25, 0.3) is 21.5 Å². The Labute approximate surface area is 292 Å². The molecule has 0 bridgehead atoms. The Morgan fingerprint density at radius 1 is 0.735 bits per heavy atom. The standard InChI is InChI=1S/C38H44N4O6S/c1-24(2)18-32(40-35(44)31(39-23-43)16-17-49-3)36(45)41-33(21-25-12-14-27-8-4-6-10-29(27)19-25)37(46)42-34(38(47)48)22-26-13-15-28-9-5-7-11-30(28)20-26/h4-15,19-20,23-24,31-34H,16-18,21-22H2,1-3H3,(H,39,43)(H,40,44)(H,41,45)(H,42,46)(H,47,48)/t31-,32-,33-,34-/m0/s1/i/hD. The van der Waals surface area contributed by atoms with Crippen LogP contribution in [0, 0.1) is 5.92 Å². The lowest BCUT2D eigenvalue weighted by atomic mass is 9.98. The Balaban J connectivity index is 1.63. The molecule has 0 spiro atoms. The average Bonchev–Trinajstić information content (AvgIpc) is 3.10. The molecule has 0 heterocycles. The number of thioether (sulfide) groups is 1. The van der Waals surface area contributed by atoms with E-state index in [1.54, 1.807) is 6.07 Å². The molecule has 258 valence electrons. The summed E-state index contributed by atoms with van der Waals surface area (Å²) in [5, 5.41) is 22.3. The van der Waals surface area contributed by atoms with E-state index in [9.17, 15) is 29.1 Å². The van der Waals surface area contributed by atoms with Crippen molar-refractivity contribution in [3.63, 3.8) is 0 Å². The predicted molar refractivity (Wildman–Crippen MR) is 194 cm³/mol. The first-order chi connectivity index (χ1) is 24.0. The molecule has 10 nitrogen and oxygen atoms in total. The van der Waals surface area contributed by atoms with Crippen LogP contribution in [-0.4, -0.2) is 71.4 Å². The number of carbonyl (C=O) groups is 5. The van der Waals surface area contributed by atoms with Gasteiger partial charge in [-0.1, -0.05) is 98.8 Å². The molecule has 5 N–H and O–H groups in total. The monoisotopic (exact) mass is 685 g/mol. The molecule has 0 unspecified atom stereocenters. The van der Waals surface area contributed by atoms with Gasteiger partial charge < -0.3 is 26.4 Å². The van der Waals surface area contributed by atoms with Gasteiger partial charge in [-0.25, -0.2) is 4.79 Å². The summed E-state index contributed by atoms with van der Waals surface area (Å²) < 4.78 is 9.01. The van der Waals surface area contributed by atoms with Gasteiger partial charge in [-0.15, -0.1) is 0 Å². The fourth-order valence-electron chi connectivity index (χ4n) is 5.67. The lowest BCUT2D eigenvalue weighted by Crippen LogP contribution is -2.58. The van der Waals surface area contributed by atoms with Crippen molar-refractivity contribution in [2.75, 3.05) is 12.0 Å². The van der Waals surface area contributed by atoms with Gasteiger partial charge in [-0.2, -0.15) is 11.8 Å². The van der Waals surface area contributed by atoms with E-state index < -0.39 is 47.9 Å². The van der Waals surface area contributed by atoms with Crippen LogP contribution in [0.4, 0.5) is 0 Å². The van der Waals surface area contributed by atoms with Crippen LogP contribution in [0.2, 0.25) is 1.41 Å². The van der Waals surface area contributed by atoms with Crippen LogP contribution in [0.3, 0.4) is 0 Å². The number of carbonyl (C=O) groups excluding carboxylic acids is 4. The van der Waals surface area contributed by atoms with Crippen LogP contribution in [0.15, 0.2) is 84.9 Å². The molecule has 0 radical (unpaired) electrons. The zero-order valence-corrected chi connectivity index (χ0v) is 28.7. The molecule has 4 amide bonds. The molecule has 0 saturated heterocycles. The van der Waals surface area contributed by atoms with Gasteiger partial charge in [0, 0.05) is 12.8 Å². The zero-order chi connectivity index (χ0) is 36.2. The molecule has 49 heavy (non-hydrogen) atoms. The quantitative estimate of drug-likeness (QED) is 0.0983. The second kappa shape index (κ2) is 18.0. The van der Waals surface area contributed by atoms with E-state index in [1.807, 2.05) is 99.0 Å². The number of hydrogen-bond donors (Lipinski definition) is 5. The summed E-state index contributed by atoms with van der Waals surface area (Å²) in [4.78, 5) is 65.0. The van der Waals surface area contributed by atoms with Crippen molar-refractivity contribution >= 4 is 63.4 Å². The summed E-state index contributed by atoms with van der Waals surface area (Å²) in [5.41, 5.74) is 1.35. The molecule has 11 heteroatoms. The zero-order valence-electron chi connectivity index (χ0n) is 28.9. The van der Waals surface area contributed by atoms with Crippen molar-refractivity contribution in [3.05, 3.63) is 96.1 Å². The van der Waals surface area contributed by atoms with E-state index >= 15 is 0 Å². The molecule has 0 aliphatic carbocycles. The van der Waals surface area contributed by atoms with E-state index in [0.717, 1.165) is 21.5 Å². The summed E-state index contributed by atoms with van der Waals surface area (Å²) in [6.07, 6.45) is 2.70. The van der Waals surface area contributed by atoms with E-state index in [4.69, 9.17) is 1.41 Å². The number of aliphatic carboxylic acids is 1. The summed E-state index contributed by atoms with van der Waals surface area (Å²) in [5.74, 6) is -2.97. The third kappa shape index (κ3) is 10.8. The summed E-state index contributed by atoms with van der Waals surface area (Å²) in [6.45, 7) is 3.72. The molecular weight excluding hydrogens is 641 g/mol. The maximum Gasteiger partial charge on any atom is 0.326 e. The van der Waals surface area contributed by atoms with Gasteiger partial charge in [0.1, 0.15) is 24.2 Å². The third-order valence-corrected chi connectivity index (χ3v) is 8.86. The van der Waals surface area contributed by atoms with Crippen molar-refractivity contribution in [2.24, 2.45) is 5.92 Å². The number of nitrogens with one attached hydrogen (secondary N) is 4. The van der Waals surface area contributed by atoms with Crippen LogP contribution in [-0.2, 0) is 36.8 Å². The minimum absolute atomic E-state index is 0.0201. The number of rotatable bonds is 18. The third-order valence-electron chi connectivity index (χ3n) is 8.22. The van der Waals surface area contributed by atoms with Crippen LogP contribution >= 0.6 is 11.8 Å². The molecule has 4 atom stereocenters. The summed E-state index contributed by atoms with van der Waals surface area (Å²) >= 11 is 1.50. The molecular formula is C38H44N4O6S. The Hall–Kier alpha value is -4.90. The fraction of sp³-hybridized carbons (Fsp3) is 0.342. The summed E-state index contributed by atoms with van der Waals surface area (Å²) in [7, 11) is 0. The Morgan fingerprint density at radius 3 is 1.76 bits per heavy atom. The van der Waals surface area contributed by atoms with E-state index in [1.165, 1.54) is 11.8 Å². The first-order valence-electron chi connectivity index (χ1n) is 16.7. The minimum atomic E-state index is -1.44. The van der Waals surface area contributed by atoms with Crippen molar-refractivity contribution in [3.8, 4) is 0 Å². The van der Waals surface area contributed by atoms with Gasteiger partial charge in [0.05, 0.1) is 0 Å². The van der Waals surface area contributed by atoms with Crippen LogP contribution in [0.1, 0.15) is 37.8 Å². The molecule has 0 aliphatic rings. The number of hydrogen-bond acceptors (Lipinski definition) is 6. The molecule has 0 saturated carbocycles. The normalized spacial score (nSPS) is 13.9. The number of carboxylic acids is 1. The predicted octanol–water partition coefficient (Wildman–Crippen LogP) is 4.23. The van der Waals surface area contributed by atoms with E-state index in [0.29, 0.717) is 35.0 Å². The highest BCUT2D eigenvalue weighted by molar-refractivity contribution is 7.98. The highest BCUT2D eigenvalue weighted by atomic mass is 32.2.